The van der Waals surface area contributed by atoms with Crippen molar-refractivity contribution in [2.45, 2.75) is 45.6 Å². The minimum Gasteiger partial charge on any atom is -0.494 e. The molecule has 0 saturated heterocycles. The maximum absolute atomic E-state index is 8.85. The van der Waals surface area contributed by atoms with E-state index >= 15 is 0 Å². The SMILES string of the molecule is Cc1ccc(C(CCCOc2ccc(CNCCCPO)cc2)c2ccsc2)cc1C. The van der Waals surface area contributed by atoms with Crippen LogP contribution >= 0.6 is 20.1 Å². The number of aryl methyl sites for hydroxylation is 2. The second kappa shape index (κ2) is 13.0. The van der Waals surface area contributed by atoms with Gasteiger partial charge in [-0.3, -0.25) is 0 Å². The van der Waals surface area contributed by atoms with Gasteiger partial charge in [-0.25, -0.2) is 0 Å². The molecule has 0 saturated carbocycles. The van der Waals surface area contributed by atoms with Gasteiger partial charge in [-0.15, -0.1) is 0 Å². The van der Waals surface area contributed by atoms with E-state index in [9.17, 15) is 0 Å². The lowest BCUT2D eigenvalue weighted by molar-refractivity contribution is 0.304. The summed E-state index contributed by atoms with van der Waals surface area (Å²) in [6, 6.07) is 17.5. The number of ether oxygens (including phenoxy) is 1. The van der Waals surface area contributed by atoms with E-state index in [4.69, 9.17) is 9.63 Å². The molecular weight excluding hydrogens is 421 g/mol. The van der Waals surface area contributed by atoms with Crippen molar-refractivity contribution < 1.29 is 9.63 Å². The third kappa shape index (κ3) is 7.73. The van der Waals surface area contributed by atoms with Gasteiger partial charge in [-0.2, -0.15) is 11.3 Å². The Balaban J connectivity index is 1.47. The minimum atomic E-state index is 0.0591. The summed E-state index contributed by atoms with van der Waals surface area (Å²) >= 11 is 1.77. The highest BCUT2D eigenvalue weighted by atomic mass is 32.1. The lowest BCUT2D eigenvalue weighted by Gasteiger charge is -2.18. The third-order valence-corrected chi connectivity index (χ3v) is 6.96. The molecule has 3 rings (SSSR count). The molecule has 0 radical (unpaired) electrons. The molecule has 0 aliphatic carbocycles. The minimum absolute atomic E-state index is 0.0591. The molecule has 0 spiro atoms. The number of hydrogen-bond acceptors (Lipinski definition) is 4. The van der Waals surface area contributed by atoms with Gasteiger partial charge in [0.1, 0.15) is 5.75 Å². The van der Waals surface area contributed by atoms with Crippen LogP contribution < -0.4 is 10.1 Å². The van der Waals surface area contributed by atoms with Gasteiger partial charge in [0.2, 0.25) is 0 Å². The van der Waals surface area contributed by atoms with E-state index in [2.05, 4.69) is 78.5 Å². The molecule has 166 valence electrons. The zero-order chi connectivity index (χ0) is 21.9. The van der Waals surface area contributed by atoms with Crippen LogP contribution in [0, 0.1) is 13.8 Å². The summed E-state index contributed by atoms with van der Waals surface area (Å²) < 4.78 is 6.02. The van der Waals surface area contributed by atoms with Gasteiger partial charge in [0.05, 0.1) is 6.61 Å². The highest BCUT2D eigenvalue weighted by molar-refractivity contribution is 7.31. The van der Waals surface area contributed by atoms with Crippen molar-refractivity contribution in [1.82, 2.24) is 5.32 Å². The van der Waals surface area contributed by atoms with Gasteiger partial charge in [0.15, 0.2) is 0 Å². The van der Waals surface area contributed by atoms with Crippen molar-refractivity contribution >= 4 is 20.1 Å². The van der Waals surface area contributed by atoms with Crippen LogP contribution in [-0.2, 0) is 6.54 Å². The Morgan fingerprint density at radius 1 is 1.00 bits per heavy atom. The number of thiophene rings is 1. The fourth-order valence-electron chi connectivity index (χ4n) is 3.69. The fourth-order valence-corrected chi connectivity index (χ4v) is 4.74. The van der Waals surface area contributed by atoms with Gasteiger partial charge in [0, 0.05) is 21.3 Å². The van der Waals surface area contributed by atoms with Crippen LogP contribution in [-0.4, -0.2) is 24.2 Å². The van der Waals surface area contributed by atoms with Crippen molar-refractivity contribution in [3.63, 3.8) is 0 Å². The Bertz CT molecular complexity index is 896. The quantitative estimate of drug-likeness (QED) is 0.231. The van der Waals surface area contributed by atoms with Crippen molar-refractivity contribution in [2.75, 3.05) is 19.3 Å². The first kappa shape index (κ1) is 23.9. The number of nitrogens with one attached hydrogen (secondary N) is 1. The van der Waals surface area contributed by atoms with E-state index in [0.717, 1.165) is 50.9 Å². The molecule has 3 nitrogen and oxygen atoms in total. The van der Waals surface area contributed by atoms with Crippen molar-refractivity contribution in [2.24, 2.45) is 0 Å². The van der Waals surface area contributed by atoms with E-state index in [-0.39, 0.29) is 8.81 Å². The molecule has 0 fully saturated rings. The average Bonchev–Trinajstić information content (AvgIpc) is 3.31. The van der Waals surface area contributed by atoms with Crippen LogP contribution in [0.1, 0.15) is 53.0 Å². The molecule has 0 bridgehead atoms. The van der Waals surface area contributed by atoms with Gasteiger partial charge < -0.3 is 14.9 Å². The Morgan fingerprint density at radius 2 is 1.84 bits per heavy atom. The van der Waals surface area contributed by atoms with E-state index in [1.807, 2.05) is 0 Å². The average molecular weight is 456 g/mol. The smallest absolute Gasteiger partial charge is 0.119 e. The zero-order valence-corrected chi connectivity index (χ0v) is 20.4. The van der Waals surface area contributed by atoms with Crippen LogP contribution in [0.15, 0.2) is 59.3 Å². The predicted molar refractivity (Wildman–Crippen MR) is 135 cm³/mol. The standard InChI is InChI=1S/C26H34NO2PS/c1-20-6-9-23(17-21(20)2)26(24-12-16-31-19-24)5-3-14-29-25-10-7-22(8-11-25)18-27-13-4-15-30-28/h6-12,16-17,19,26-28,30H,3-5,13-15,18H2,1-2H3. The maximum atomic E-state index is 8.85. The van der Waals surface area contributed by atoms with E-state index in [1.54, 1.807) is 11.3 Å². The van der Waals surface area contributed by atoms with Gasteiger partial charge in [-0.05, 0) is 103 Å². The second-order valence-electron chi connectivity index (χ2n) is 8.03. The Morgan fingerprint density at radius 3 is 2.55 bits per heavy atom. The molecule has 1 heterocycles. The first-order chi connectivity index (χ1) is 15.2. The van der Waals surface area contributed by atoms with Gasteiger partial charge in [-0.1, -0.05) is 30.3 Å². The molecule has 2 unspecified atom stereocenters. The van der Waals surface area contributed by atoms with E-state index in [1.165, 1.54) is 27.8 Å². The van der Waals surface area contributed by atoms with Gasteiger partial charge in [0.25, 0.3) is 0 Å². The van der Waals surface area contributed by atoms with E-state index < -0.39 is 0 Å². The van der Waals surface area contributed by atoms with Crippen molar-refractivity contribution in [3.8, 4) is 5.75 Å². The summed E-state index contributed by atoms with van der Waals surface area (Å²) in [6.45, 7) is 6.89. The molecule has 2 atom stereocenters. The summed E-state index contributed by atoms with van der Waals surface area (Å²) in [5.74, 6) is 1.36. The first-order valence-electron chi connectivity index (χ1n) is 11.1. The first-order valence-corrected chi connectivity index (χ1v) is 13.2. The molecular formula is C26H34NO2PS. The summed E-state index contributed by atoms with van der Waals surface area (Å²) in [5.41, 5.74) is 6.77. The topological polar surface area (TPSA) is 41.5 Å². The molecule has 0 aliphatic heterocycles. The Labute approximate surface area is 192 Å². The molecule has 1 aromatic heterocycles. The van der Waals surface area contributed by atoms with Crippen LogP contribution in [0.2, 0.25) is 0 Å². The third-order valence-electron chi connectivity index (χ3n) is 5.68. The van der Waals surface area contributed by atoms with E-state index in [0.29, 0.717) is 5.92 Å². The lowest BCUT2D eigenvalue weighted by atomic mass is 9.87. The number of hydrogen-bond donors (Lipinski definition) is 2. The number of rotatable bonds is 13. The maximum Gasteiger partial charge on any atom is 0.119 e. The normalized spacial score (nSPS) is 12.5. The van der Waals surface area contributed by atoms with Crippen molar-refractivity contribution in [3.05, 3.63) is 87.1 Å². The summed E-state index contributed by atoms with van der Waals surface area (Å²) in [5, 5.41) is 7.86. The summed E-state index contributed by atoms with van der Waals surface area (Å²) in [4.78, 5) is 8.85. The zero-order valence-electron chi connectivity index (χ0n) is 18.6. The molecule has 31 heavy (non-hydrogen) atoms. The van der Waals surface area contributed by atoms with Crippen LogP contribution in [0.4, 0.5) is 0 Å². The van der Waals surface area contributed by atoms with Gasteiger partial charge >= 0.3 is 0 Å². The molecule has 0 amide bonds. The molecule has 2 aromatic carbocycles. The highest BCUT2D eigenvalue weighted by Gasteiger charge is 2.15. The Kier molecular flexibility index (Phi) is 10.0. The Hall–Kier alpha value is -1.71. The molecule has 5 heteroatoms. The lowest BCUT2D eigenvalue weighted by Crippen LogP contribution is -2.15. The summed E-state index contributed by atoms with van der Waals surface area (Å²) in [7, 11) is 0.0591. The van der Waals surface area contributed by atoms with Crippen molar-refractivity contribution in [1.29, 1.82) is 0 Å². The highest BCUT2D eigenvalue weighted by Crippen LogP contribution is 2.32. The molecule has 3 aromatic rings. The fraction of sp³-hybridized carbons (Fsp3) is 0.385. The largest absolute Gasteiger partial charge is 0.494 e. The summed E-state index contributed by atoms with van der Waals surface area (Å²) in [6.07, 6.45) is 4.00. The van der Waals surface area contributed by atoms with Crippen LogP contribution in [0.3, 0.4) is 0 Å². The molecule has 2 N–H and O–H groups in total. The second-order valence-corrected chi connectivity index (χ2v) is 9.62. The molecule has 0 aliphatic rings. The van der Waals surface area contributed by atoms with Crippen LogP contribution in [0.5, 0.6) is 5.75 Å². The van der Waals surface area contributed by atoms with Crippen LogP contribution in [0.25, 0.3) is 0 Å². The monoisotopic (exact) mass is 455 g/mol. The predicted octanol–water partition coefficient (Wildman–Crippen LogP) is 6.42. The number of benzene rings is 2.